The molecular formula is C22H40O6S. The Hall–Kier alpha value is -1.37. The van der Waals surface area contributed by atoms with Gasteiger partial charge in [-0.2, -0.15) is 8.42 Å². The molecule has 0 bridgehead atoms. The van der Waals surface area contributed by atoms with Gasteiger partial charge < -0.3 is 10.2 Å². The van der Waals surface area contributed by atoms with Gasteiger partial charge in [-0.25, -0.2) is 4.79 Å². The first kappa shape index (κ1) is 27.6. The van der Waals surface area contributed by atoms with Crippen LogP contribution in [0.15, 0.2) is 0 Å². The van der Waals surface area contributed by atoms with Gasteiger partial charge in [0, 0.05) is 0 Å². The van der Waals surface area contributed by atoms with Crippen molar-refractivity contribution in [3.05, 3.63) is 0 Å². The minimum Gasteiger partial charge on any atom is -0.481 e. The topological polar surface area (TPSA) is 109 Å². The molecule has 2 N–H and O–H groups in total. The smallest absolute Gasteiger partial charge is 0.348 e. The first-order chi connectivity index (χ1) is 13.9. The second-order valence-electron chi connectivity index (χ2n) is 7.89. The zero-order chi connectivity index (χ0) is 21.9. The minimum atomic E-state index is -3.02. The number of carboxylic acid groups (broad SMARTS) is 2. The molecule has 0 radical (unpaired) electrons. The molecule has 29 heavy (non-hydrogen) atoms. The van der Waals surface area contributed by atoms with Gasteiger partial charge in [0.1, 0.15) is 5.92 Å². The largest absolute Gasteiger partial charge is 0.481 e. The number of carboxylic acids is 2. The monoisotopic (exact) mass is 432 g/mol. The Balaban J connectivity index is 3.64. The van der Waals surface area contributed by atoms with E-state index in [0.717, 1.165) is 25.7 Å². The summed E-state index contributed by atoms with van der Waals surface area (Å²) < 4.78 is 22.0. The van der Waals surface area contributed by atoms with Crippen molar-refractivity contribution in [3.8, 4) is 0 Å². The SMILES string of the molecule is CCCCCCCCCCCCCCCCCCC(C(=O)O)C(C(=O)O)=S(=O)=O. The lowest BCUT2D eigenvalue weighted by Crippen LogP contribution is -2.31. The summed E-state index contributed by atoms with van der Waals surface area (Å²) in [5.41, 5.74) is 0. The van der Waals surface area contributed by atoms with Crippen molar-refractivity contribution in [3.63, 3.8) is 0 Å². The standard InChI is InChI=1S/C22H40O6S/c1-2-3-4-5-6-7-8-9-10-11-12-13-14-15-16-17-18-19(21(23)24)20(22(25)26)29(27)28/h19H,2-18H2,1H3,(H,23,24)(H,25,26). The van der Waals surface area contributed by atoms with Crippen LogP contribution in [0.5, 0.6) is 0 Å². The summed E-state index contributed by atoms with van der Waals surface area (Å²) in [5, 5.41) is 18.0. The van der Waals surface area contributed by atoms with Gasteiger partial charge in [0.25, 0.3) is 0 Å². The zero-order valence-corrected chi connectivity index (χ0v) is 18.9. The molecule has 0 saturated carbocycles. The third-order valence-electron chi connectivity index (χ3n) is 5.35. The molecule has 0 spiro atoms. The van der Waals surface area contributed by atoms with Crippen LogP contribution in [-0.2, 0) is 19.9 Å². The third-order valence-corrected chi connectivity index (χ3v) is 6.17. The third kappa shape index (κ3) is 15.2. The average Bonchev–Trinajstić information content (AvgIpc) is 2.65. The summed E-state index contributed by atoms with van der Waals surface area (Å²) >= 11 is 0. The van der Waals surface area contributed by atoms with Crippen molar-refractivity contribution < 1.29 is 28.2 Å². The fraction of sp³-hybridized carbons (Fsp3) is 0.864. The van der Waals surface area contributed by atoms with E-state index in [-0.39, 0.29) is 6.42 Å². The molecule has 0 heterocycles. The van der Waals surface area contributed by atoms with Gasteiger partial charge in [0.05, 0.1) is 0 Å². The van der Waals surface area contributed by atoms with Crippen molar-refractivity contribution in [1.29, 1.82) is 0 Å². The lowest BCUT2D eigenvalue weighted by molar-refractivity contribution is -0.141. The maximum atomic E-state index is 11.2. The Kier molecular flexibility index (Phi) is 17.8. The average molecular weight is 433 g/mol. The minimum absolute atomic E-state index is 0.0450. The molecule has 0 aliphatic heterocycles. The van der Waals surface area contributed by atoms with E-state index in [9.17, 15) is 18.0 Å². The van der Waals surface area contributed by atoms with Crippen LogP contribution in [0.1, 0.15) is 116 Å². The molecule has 0 saturated heterocycles. The number of hydrogen-bond donors (Lipinski definition) is 2. The Morgan fingerprint density at radius 2 is 1.00 bits per heavy atom. The molecule has 1 unspecified atom stereocenters. The van der Waals surface area contributed by atoms with Crippen molar-refractivity contribution in [2.75, 3.05) is 0 Å². The summed E-state index contributed by atoms with van der Waals surface area (Å²) in [4.78, 5) is 21.2. The Morgan fingerprint density at radius 1 is 0.655 bits per heavy atom. The maximum absolute atomic E-state index is 11.2. The highest BCUT2D eigenvalue weighted by Crippen LogP contribution is 2.16. The molecule has 170 valence electrons. The predicted molar refractivity (Wildman–Crippen MR) is 117 cm³/mol. The number of unbranched alkanes of at least 4 members (excludes halogenated alkanes) is 15. The van der Waals surface area contributed by atoms with Crippen LogP contribution in [0.25, 0.3) is 0 Å². The molecule has 0 aromatic carbocycles. The maximum Gasteiger partial charge on any atom is 0.348 e. The number of rotatable bonds is 20. The van der Waals surface area contributed by atoms with Gasteiger partial charge in [-0.05, 0) is 6.42 Å². The van der Waals surface area contributed by atoms with Gasteiger partial charge in [-0.15, -0.1) is 0 Å². The van der Waals surface area contributed by atoms with Crippen LogP contribution < -0.4 is 0 Å². The number of hydrogen-bond acceptors (Lipinski definition) is 4. The van der Waals surface area contributed by atoms with Gasteiger partial charge in [-0.3, -0.25) is 4.79 Å². The summed E-state index contributed by atoms with van der Waals surface area (Å²) in [6, 6.07) is 0. The predicted octanol–water partition coefficient (Wildman–Crippen LogP) is 5.47. The van der Waals surface area contributed by atoms with E-state index >= 15 is 0 Å². The van der Waals surface area contributed by atoms with E-state index in [1.165, 1.54) is 70.6 Å². The van der Waals surface area contributed by atoms with Gasteiger partial charge in [0.2, 0.25) is 10.3 Å². The van der Waals surface area contributed by atoms with E-state index in [0.29, 0.717) is 6.42 Å². The quantitative estimate of drug-likeness (QED) is 0.195. The van der Waals surface area contributed by atoms with Crippen molar-refractivity contribution in [2.45, 2.75) is 116 Å². The summed E-state index contributed by atoms with van der Waals surface area (Å²) in [5.74, 6) is -4.53. The molecule has 0 aromatic rings. The second-order valence-corrected chi connectivity index (χ2v) is 8.80. The number of carbonyl (C=O) groups is 2. The zero-order valence-electron chi connectivity index (χ0n) is 18.0. The fourth-order valence-corrected chi connectivity index (χ4v) is 4.19. The molecule has 0 rings (SSSR count). The van der Waals surface area contributed by atoms with Crippen LogP contribution in [0, 0.1) is 5.92 Å². The van der Waals surface area contributed by atoms with E-state index in [1.807, 2.05) is 0 Å². The molecule has 7 heteroatoms. The van der Waals surface area contributed by atoms with Crippen molar-refractivity contribution >= 4 is 27.1 Å². The van der Waals surface area contributed by atoms with Crippen LogP contribution in [0.3, 0.4) is 0 Å². The van der Waals surface area contributed by atoms with Gasteiger partial charge >= 0.3 is 11.9 Å². The second kappa shape index (κ2) is 18.6. The molecule has 0 amide bonds. The Morgan fingerprint density at radius 3 is 1.28 bits per heavy atom. The molecule has 6 nitrogen and oxygen atoms in total. The first-order valence-corrected chi connectivity index (χ1v) is 12.4. The molecule has 0 aromatic heterocycles. The molecule has 0 aliphatic carbocycles. The normalized spacial score (nSPS) is 11.9. The summed E-state index contributed by atoms with van der Waals surface area (Å²) in [7, 11) is -3.02. The van der Waals surface area contributed by atoms with E-state index in [2.05, 4.69) is 6.92 Å². The van der Waals surface area contributed by atoms with Gasteiger partial charge in [0.15, 0.2) is 4.86 Å². The highest BCUT2D eigenvalue weighted by molar-refractivity contribution is 7.74. The number of aliphatic carboxylic acids is 2. The first-order valence-electron chi connectivity index (χ1n) is 11.3. The van der Waals surface area contributed by atoms with Crippen LogP contribution in [-0.4, -0.2) is 35.4 Å². The molecule has 1 atom stereocenters. The summed E-state index contributed by atoms with van der Waals surface area (Å²) in [6.07, 6.45) is 19.2. The lowest BCUT2D eigenvalue weighted by atomic mass is 9.97. The van der Waals surface area contributed by atoms with Crippen LogP contribution in [0.2, 0.25) is 0 Å². The van der Waals surface area contributed by atoms with E-state index in [4.69, 9.17) is 10.2 Å². The van der Waals surface area contributed by atoms with E-state index in [1.54, 1.807) is 0 Å². The van der Waals surface area contributed by atoms with Gasteiger partial charge in [-0.1, -0.05) is 110 Å². The molecular weight excluding hydrogens is 392 g/mol. The highest BCUT2D eigenvalue weighted by atomic mass is 32.2. The fourth-order valence-electron chi connectivity index (χ4n) is 3.60. The Labute approximate surface area is 177 Å². The van der Waals surface area contributed by atoms with Crippen molar-refractivity contribution in [1.82, 2.24) is 0 Å². The van der Waals surface area contributed by atoms with Crippen molar-refractivity contribution in [2.24, 2.45) is 5.92 Å². The molecule has 0 aliphatic rings. The highest BCUT2D eigenvalue weighted by Gasteiger charge is 2.30. The lowest BCUT2D eigenvalue weighted by Gasteiger charge is -2.10. The Bertz CT molecular complexity index is 574. The van der Waals surface area contributed by atoms with Crippen LogP contribution in [0.4, 0.5) is 0 Å². The van der Waals surface area contributed by atoms with E-state index < -0.39 is 33.0 Å². The molecule has 0 fully saturated rings. The van der Waals surface area contributed by atoms with Crippen LogP contribution >= 0.6 is 0 Å². The summed E-state index contributed by atoms with van der Waals surface area (Å²) in [6.45, 7) is 2.24.